The van der Waals surface area contributed by atoms with E-state index in [9.17, 15) is 38.5 Å². The first-order valence-corrected chi connectivity index (χ1v) is 14.2. The lowest BCUT2D eigenvalue weighted by atomic mass is 9.96. The van der Waals surface area contributed by atoms with E-state index in [2.05, 4.69) is 16.0 Å². The lowest BCUT2D eigenvalue weighted by molar-refractivity contribution is -0.241. The van der Waals surface area contributed by atoms with Crippen LogP contribution in [0.25, 0.3) is 42.0 Å². The number of rotatable bonds is 5. The number of nitrogens with one attached hydrogen (secondary N) is 3. The summed E-state index contributed by atoms with van der Waals surface area (Å²) < 4.78 is 37.9. The Morgan fingerprint density at radius 2 is 1.65 bits per heavy atom. The first-order valence-electron chi connectivity index (χ1n) is 13.4. The molecule has 0 bridgehead atoms. The van der Waals surface area contributed by atoms with Crippen LogP contribution in [0.3, 0.4) is 0 Å². The van der Waals surface area contributed by atoms with Crippen LogP contribution in [0.15, 0.2) is 36.4 Å². The molecule has 2 aliphatic rings. The normalized spacial score (nSPS) is 23.9. The fourth-order valence-electron chi connectivity index (χ4n) is 6.20. The summed E-state index contributed by atoms with van der Waals surface area (Å²) in [5.41, 5.74) is 0.574. The Bertz CT molecular complexity index is 2020. The van der Waals surface area contributed by atoms with E-state index in [1.54, 1.807) is 13.1 Å². The number of benzene rings is 3. The highest BCUT2D eigenvalue weighted by molar-refractivity contribution is 7.26. The molecule has 14 heteroatoms. The van der Waals surface area contributed by atoms with Gasteiger partial charge in [0, 0.05) is 32.8 Å². The standard InChI is InChI=1S/C29H24F2N4O7S/c1-32-9-17(36)33-8-15-23(37)24(38)25(39)29(42-15)35-14-4-2-10(30)6-12(14)18-20-21(28(41)34-27(20)40)19-13-7-11(31)3-5-16(13)43-26(19)22(18)35/h2-7,15,23-25,29,32,37-39H,8-9H2,1H3,(H,33,36)(H,34,40,41)/t15-,23-,24+,25-,29-/m1/s1. The van der Waals surface area contributed by atoms with Crippen molar-refractivity contribution in [3.63, 3.8) is 0 Å². The number of hydrogen-bond donors (Lipinski definition) is 6. The Balaban J connectivity index is 1.55. The van der Waals surface area contributed by atoms with Crippen LogP contribution in [-0.2, 0) is 9.53 Å². The monoisotopic (exact) mass is 610 g/mol. The summed E-state index contributed by atoms with van der Waals surface area (Å²) in [4.78, 5) is 38.5. The van der Waals surface area contributed by atoms with Crippen molar-refractivity contribution in [1.29, 1.82) is 0 Å². The van der Waals surface area contributed by atoms with Gasteiger partial charge in [0.15, 0.2) is 6.23 Å². The minimum absolute atomic E-state index is 0.00767. The van der Waals surface area contributed by atoms with Gasteiger partial charge in [-0.05, 0) is 43.4 Å². The van der Waals surface area contributed by atoms with Crippen LogP contribution in [0, 0.1) is 11.6 Å². The van der Waals surface area contributed by atoms with Crippen molar-refractivity contribution in [3.8, 4) is 0 Å². The molecular weight excluding hydrogens is 586 g/mol. The van der Waals surface area contributed by atoms with Gasteiger partial charge in [-0.2, -0.15) is 0 Å². The highest BCUT2D eigenvalue weighted by atomic mass is 32.1. The molecular formula is C29H24F2N4O7S. The molecule has 3 amide bonds. The van der Waals surface area contributed by atoms with Crippen LogP contribution in [-0.4, -0.2) is 82.2 Å². The highest BCUT2D eigenvalue weighted by Gasteiger charge is 2.46. The second-order valence-corrected chi connectivity index (χ2v) is 11.7. The van der Waals surface area contributed by atoms with Gasteiger partial charge in [0.25, 0.3) is 11.8 Å². The maximum atomic E-state index is 14.7. The number of hydrogen-bond acceptors (Lipinski definition) is 9. The summed E-state index contributed by atoms with van der Waals surface area (Å²) in [5.74, 6) is -2.99. The summed E-state index contributed by atoms with van der Waals surface area (Å²) in [5, 5.41) is 41.6. The van der Waals surface area contributed by atoms with E-state index in [0.29, 0.717) is 25.7 Å². The molecule has 0 saturated carbocycles. The number of carbonyl (C=O) groups is 3. The smallest absolute Gasteiger partial charge is 0.259 e. The minimum Gasteiger partial charge on any atom is -0.388 e. The molecule has 2 aliphatic heterocycles. The van der Waals surface area contributed by atoms with E-state index in [0.717, 1.165) is 0 Å². The fraction of sp³-hybridized carbons (Fsp3) is 0.276. The lowest BCUT2D eigenvalue weighted by Crippen LogP contribution is -2.58. The Morgan fingerprint density at radius 1 is 0.977 bits per heavy atom. The van der Waals surface area contributed by atoms with Crippen LogP contribution >= 0.6 is 11.3 Å². The number of aliphatic hydroxyl groups excluding tert-OH is 3. The third-order valence-corrected chi connectivity index (χ3v) is 9.22. The molecule has 4 heterocycles. The van der Waals surface area contributed by atoms with Gasteiger partial charge in [-0.3, -0.25) is 19.7 Å². The van der Waals surface area contributed by atoms with E-state index in [4.69, 9.17) is 4.74 Å². The van der Waals surface area contributed by atoms with Gasteiger partial charge in [-0.15, -0.1) is 11.3 Å². The number of halogens is 2. The number of carbonyl (C=O) groups excluding carboxylic acids is 3. The van der Waals surface area contributed by atoms with Gasteiger partial charge < -0.3 is 35.3 Å². The Morgan fingerprint density at radius 3 is 2.37 bits per heavy atom. The Hall–Kier alpha value is -4.05. The van der Waals surface area contributed by atoms with Crippen LogP contribution in [0.2, 0.25) is 0 Å². The molecule has 5 atom stereocenters. The predicted molar refractivity (Wildman–Crippen MR) is 153 cm³/mol. The zero-order valence-corrected chi connectivity index (χ0v) is 23.2. The number of nitrogens with zero attached hydrogens (tertiary/aromatic N) is 1. The Kier molecular flexibility index (Phi) is 6.46. The maximum Gasteiger partial charge on any atom is 0.259 e. The molecule has 2 aromatic heterocycles. The van der Waals surface area contributed by atoms with E-state index in [1.807, 2.05) is 0 Å². The third kappa shape index (κ3) is 4.06. The van der Waals surface area contributed by atoms with Crippen LogP contribution in [0.1, 0.15) is 26.9 Å². The molecule has 7 rings (SSSR count). The molecule has 0 unspecified atom stereocenters. The first kappa shape index (κ1) is 27.8. The van der Waals surface area contributed by atoms with Crippen molar-refractivity contribution in [3.05, 3.63) is 59.2 Å². The SMILES string of the molecule is CNCC(=O)NC[C@H]1O[C@@H](n2c3ccc(F)cc3c3c4c(c5c6cc(F)ccc6sc5c32)C(=O)NC4=O)[C@H](O)[C@@H](O)[C@@H]1O. The van der Waals surface area contributed by atoms with E-state index < -0.39 is 60.0 Å². The summed E-state index contributed by atoms with van der Waals surface area (Å²) >= 11 is 1.20. The molecule has 1 saturated heterocycles. The maximum absolute atomic E-state index is 14.7. The van der Waals surface area contributed by atoms with Gasteiger partial charge in [0.05, 0.1) is 33.4 Å². The molecule has 222 valence electrons. The van der Waals surface area contributed by atoms with Gasteiger partial charge in [0.1, 0.15) is 36.1 Å². The quantitative estimate of drug-likeness (QED) is 0.164. The second kappa shape index (κ2) is 10.0. The minimum atomic E-state index is -1.72. The van der Waals surface area contributed by atoms with Crippen molar-refractivity contribution in [2.24, 2.45) is 0 Å². The largest absolute Gasteiger partial charge is 0.388 e. The number of imide groups is 1. The van der Waals surface area contributed by atoms with E-state index in [-0.39, 0.29) is 40.5 Å². The topological polar surface area (TPSA) is 162 Å². The molecule has 6 N–H and O–H groups in total. The summed E-state index contributed by atoms with van der Waals surface area (Å²) in [6, 6.07) is 7.87. The summed E-state index contributed by atoms with van der Waals surface area (Å²) in [6.07, 6.45) is -7.59. The average Bonchev–Trinajstić information content (AvgIpc) is 3.60. The van der Waals surface area contributed by atoms with Crippen molar-refractivity contribution >= 4 is 71.0 Å². The number of aliphatic hydroxyl groups is 3. The molecule has 5 aromatic rings. The highest BCUT2D eigenvalue weighted by Crippen LogP contribution is 2.49. The number of amides is 3. The number of aromatic nitrogens is 1. The number of fused-ring (bicyclic) bond motifs is 10. The fourth-order valence-corrected chi connectivity index (χ4v) is 7.43. The second-order valence-electron chi connectivity index (χ2n) is 10.6. The van der Waals surface area contributed by atoms with Gasteiger partial charge in [0.2, 0.25) is 5.91 Å². The molecule has 3 aromatic carbocycles. The van der Waals surface area contributed by atoms with Crippen molar-refractivity contribution < 1.29 is 43.2 Å². The summed E-state index contributed by atoms with van der Waals surface area (Å²) in [6.45, 7) is -0.218. The van der Waals surface area contributed by atoms with Crippen LogP contribution in [0.4, 0.5) is 8.78 Å². The van der Waals surface area contributed by atoms with Gasteiger partial charge >= 0.3 is 0 Å². The zero-order valence-electron chi connectivity index (χ0n) is 22.4. The molecule has 1 fully saturated rings. The van der Waals surface area contributed by atoms with Crippen molar-refractivity contribution in [2.45, 2.75) is 30.6 Å². The lowest BCUT2D eigenvalue weighted by Gasteiger charge is -2.41. The molecule has 0 aliphatic carbocycles. The van der Waals surface area contributed by atoms with E-state index >= 15 is 0 Å². The third-order valence-electron chi connectivity index (χ3n) is 8.04. The first-order chi connectivity index (χ1) is 20.6. The van der Waals surface area contributed by atoms with Crippen LogP contribution in [0.5, 0.6) is 0 Å². The number of likely N-dealkylation sites (N-methyl/N-ethyl adjacent to an activating group) is 1. The number of ether oxygens (including phenoxy) is 1. The van der Waals surface area contributed by atoms with Crippen molar-refractivity contribution in [2.75, 3.05) is 20.1 Å². The van der Waals surface area contributed by atoms with Gasteiger partial charge in [-0.25, -0.2) is 8.78 Å². The average molecular weight is 611 g/mol. The molecule has 43 heavy (non-hydrogen) atoms. The summed E-state index contributed by atoms with van der Waals surface area (Å²) in [7, 11) is 1.58. The van der Waals surface area contributed by atoms with Crippen LogP contribution < -0.4 is 16.0 Å². The number of thiophene rings is 1. The van der Waals surface area contributed by atoms with E-state index in [1.165, 1.54) is 46.2 Å². The van der Waals surface area contributed by atoms with Gasteiger partial charge in [-0.1, -0.05) is 0 Å². The zero-order chi connectivity index (χ0) is 30.3. The Labute approximate surface area is 244 Å². The predicted octanol–water partition coefficient (Wildman–Crippen LogP) is 1.64. The molecule has 0 radical (unpaired) electrons. The molecule has 0 spiro atoms. The van der Waals surface area contributed by atoms with Crippen molar-refractivity contribution in [1.82, 2.24) is 20.5 Å². The molecule has 11 nitrogen and oxygen atoms in total.